The summed E-state index contributed by atoms with van der Waals surface area (Å²) in [5.74, 6) is 0.330. The second-order valence-electron chi connectivity index (χ2n) is 16.1. The van der Waals surface area contributed by atoms with E-state index < -0.39 is 6.04 Å². The molecular weight excluding hydrogens is 762 g/mol. The molecule has 2 aliphatic rings. The largest absolute Gasteiger partial charge is 0.349 e. The number of nitrogens with one attached hydrogen (secondary N) is 4. The zero-order chi connectivity index (χ0) is 40.4. The van der Waals surface area contributed by atoms with Crippen LogP contribution in [0.1, 0.15) is 78.4 Å². The lowest BCUT2D eigenvalue weighted by molar-refractivity contribution is -0.130. The summed E-state index contributed by atoms with van der Waals surface area (Å²) in [7, 11) is 2.20. The predicted molar refractivity (Wildman–Crippen MR) is 234 cm³/mol. The molecule has 12 nitrogen and oxygen atoms in total. The number of anilines is 1. The van der Waals surface area contributed by atoms with Gasteiger partial charge in [-0.3, -0.25) is 19.3 Å². The van der Waals surface area contributed by atoms with Crippen LogP contribution in [0, 0.1) is 18.8 Å². The molecule has 6 N–H and O–H groups in total. The van der Waals surface area contributed by atoms with Gasteiger partial charge in [0.1, 0.15) is 6.04 Å². The molecule has 4 aromatic carbocycles. The van der Waals surface area contributed by atoms with E-state index in [1.54, 1.807) is 12.1 Å². The van der Waals surface area contributed by atoms with Crippen LogP contribution in [0.5, 0.6) is 0 Å². The second-order valence-corrected chi connectivity index (χ2v) is 16.1. The summed E-state index contributed by atoms with van der Waals surface area (Å²) in [5.41, 5.74) is 13.2. The summed E-state index contributed by atoms with van der Waals surface area (Å²) in [6, 6.07) is 31.6. The van der Waals surface area contributed by atoms with E-state index >= 15 is 0 Å². The Labute approximate surface area is 352 Å². The molecule has 5 aromatic rings. The van der Waals surface area contributed by atoms with E-state index in [4.69, 9.17) is 5.73 Å². The van der Waals surface area contributed by atoms with Crippen LogP contribution in [0.3, 0.4) is 0 Å². The molecule has 3 amide bonds. The van der Waals surface area contributed by atoms with E-state index in [-0.39, 0.29) is 42.1 Å². The van der Waals surface area contributed by atoms with Crippen molar-refractivity contribution in [2.75, 3.05) is 18.9 Å². The molecule has 0 bridgehead atoms. The van der Waals surface area contributed by atoms with Crippen molar-refractivity contribution in [3.05, 3.63) is 119 Å². The van der Waals surface area contributed by atoms with E-state index in [0.717, 1.165) is 85.7 Å². The molecule has 0 saturated heterocycles. The van der Waals surface area contributed by atoms with Gasteiger partial charge in [-0.05, 0) is 147 Å². The number of amides is 3. The second kappa shape index (κ2) is 20.5. The van der Waals surface area contributed by atoms with Gasteiger partial charge in [0.05, 0.1) is 0 Å². The highest BCUT2D eigenvalue weighted by Gasteiger charge is 2.30. The van der Waals surface area contributed by atoms with Crippen LogP contribution in [-0.2, 0) is 22.6 Å². The van der Waals surface area contributed by atoms with Gasteiger partial charge in [-0.2, -0.15) is 5.21 Å². The molecule has 2 fully saturated rings. The lowest BCUT2D eigenvalue weighted by Crippen LogP contribution is -2.48. The van der Waals surface area contributed by atoms with Gasteiger partial charge in [-0.15, -0.1) is 22.6 Å². The number of hydrogen-bond acceptors (Lipinski definition) is 8. The lowest BCUT2D eigenvalue weighted by Gasteiger charge is -2.35. The van der Waals surface area contributed by atoms with Gasteiger partial charge >= 0.3 is 0 Å². The van der Waals surface area contributed by atoms with Crippen LogP contribution < -0.4 is 21.7 Å². The Morgan fingerprint density at radius 2 is 1.53 bits per heavy atom. The number of rotatable bonds is 14. The molecule has 1 heterocycles. The first-order valence-corrected chi connectivity index (χ1v) is 20.6. The number of H-pyrrole nitrogens is 1. The minimum atomic E-state index is -0.785. The Kier molecular flexibility index (Phi) is 15.0. The molecule has 2 saturated carbocycles. The fourth-order valence-corrected chi connectivity index (χ4v) is 8.49. The van der Waals surface area contributed by atoms with Crippen molar-refractivity contribution in [2.45, 2.75) is 89.4 Å². The molecule has 59 heavy (non-hydrogen) atoms. The third-order valence-corrected chi connectivity index (χ3v) is 12.1. The first-order chi connectivity index (χ1) is 28.2. The molecule has 0 unspecified atom stereocenters. The van der Waals surface area contributed by atoms with Gasteiger partial charge in [0.25, 0.3) is 5.91 Å². The maximum Gasteiger partial charge on any atom is 0.251 e. The Bertz CT molecular complexity index is 2120. The van der Waals surface area contributed by atoms with Crippen LogP contribution in [0.15, 0.2) is 97.1 Å². The van der Waals surface area contributed by atoms with Crippen LogP contribution >= 0.6 is 12.4 Å². The average Bonchev–Trinajstić information content (AvgIpc) is 3.80. The van der Waals surface area contributed by atoms with Crippen molar-refractivity contribution in [2.24, 2.45) is 17.6 Å². The minimum Gasteiger partial charge on any atom is -0.349 e. The number of halogens is 1. The predicted octanol–water partition coefficient (Wildman–Crippen LogP) is 6.87. The molecule has 0 aliphatic heterocycles. The van der Waals surface area contributed by atoms with Gasteiger partial charge in [-0.1, -0.05) is 60.7 Å². The van der Waals surface area contributed by atoms with Gasteiger partial charge in [-0.25, -0.2) is 0 Å². The average molecular weight is 818 g/mol. The van der Waals surface area contributed by atoms with Gasteiger partial charge < -0.3 is 21.7 Å². The summed E-state index contributed by atoms with van der Waals surface area (Å²) < 4.78 is 0. The van der Waals surface area contributed by atoms with Gasteiger partial charge in [0, 0.05) is 47.8 Å². The molecule has 2 aliphatic carbocycles. The smallest absolute Gasteiger partial charge is 0.251 e. The van der Waals surface area contributed by atoms with Crippen molar-refractivity contribution in [3.8, 4) is 22.5 Å². The number of aryl methyl sites for hydroxylation is 1. The fourth-order valence-electron chi connectivity index (χ4n) is 8.49. The minimum absolute atomic E-state index is 0. The lowest BCUT2D eigenvalue weighted by atomic mass is 9.81. The Morgan fingerprint density at radius 1 is 0.831 bits per heavy atom. The highest BCUT2D eigenvalue weighted by Crippen LogP contribution is 2.30. The topological polar surface area (TPSA) is 171 Å². The van der Waals surface area contributed by atoms with Crippen LogP contribution in [-0.4, -0.2) is 75.0 Å². The zero-order valence-corrected chi connectivity index (χ0v) is 34.7. The number of carbonyl (C=O) groups excluding carboxylic acids is 3. The van der Waals surface area contributed by atoms with Gasteiger partial charge in [0.15, 0.2) is 0 Å². The van der Waals surface area contributed by atoms with Crippen LogP contribution in [0.2, 0.25) is 0 Å². The molecule has 310 valence electrons. The summed E-state index contributed by atoms with van der Waals surface area (Å²) in [5, 5.41) is 23.4. The molecule has 0 spiro atoms. The maximum absolute atomic E-state index is 13.8. The number of aromatic amines is 1. The number of benzene rings is 4. The van der Waals surface area contributed by atoms with E-state index in [0.29, 0.717) is 42.0 Å². The number of hydrogen-bond donors (Lipinski definition) is 5. The molecular formula is C46H56ClN9O3. The number of tetrazole rings is 1. The van der Waals surface area contributed by atoms with Crippen LogP contribution in [0.4, 0.5) is 5.69 Å². The highest BCUT2D eigenvalue weighted by atomic mass is 35.5. The number of aromatic nitrogens is 4. The molecule has 1 atom stereocenters. The Hall–Kier alpha value is -5.43. The standard InChI is InChI=1S/C46H55N9O3.ClH/c1-30-26-37(45(57)48-39-21-23-40(24-22-39)55(2)29-33-6-4-3-5-7-33)18-25-41(30)34-12-8-31(9-13-34)27-42(50-44(56)36-14-10-32(28-47)11-15-36)46(58)49-38-19-16-35(17-20-38)43-51-53-54-52-43;/h3-9,12-13,16-20,25-26,32,36,39-40,42H,10-11,14-15,21-24,27-29,47H2,1-2H3,(H,48,57)(H,49,58)(H,50,56)(H,51,52,53,54);1H/t32?,36?,39?,40?,42-;/m0./s1. The molecule has 0 radical (unpaired) electrons. The van der Waals surface area contributed by atoms with Crippen molar-refractivity contribution in [3.63, 3.8) is 0 Å². The summed E-state index contributed by atoms with van der Waals surface area (Å²) >= 11 is 0. The Morgan fingerprint density at radius 3 is 2.17 bits per heavy atom. The molecule has 13 heteroatoms. The summed E-state index contributed by atoms with van der Waals surface area (Å²) in [4.78, 5) is 43.1. The first kappa shape index (κ1) is 43.2. The molecule has 1 aromatic heterocycles. The monoisotopic (exact) mass is 817 g/mol. The summed E-state index contributed by atoms with van der Waals surface area (Å²) in [6.45, 7) is 3.60. The highest BCUT2D eigenvalue weighted by molar-refractivity contribution is 5.98. The third-order valence-electron chi connectivity index (χ3n) is 12.1. The quantitative estimate of drug-likeness (QED) is 0.0809. The van der Waals surface area contributed by atoms with Crippen molar-refractivity contribution in [1.82, 2.24) is 36.2 Å². The van der Waals surface area contributed by atoms with Crippen molar-refractivity contribution >= 4 is 35.8 Å². The molecule has 7 rings (SSSR count). The SMILES string of the molecule is Cc1cc(C(=O)NC2CCC(N(C)Cc3ccccc3)CC2)ccc1-c1ccc(C[C@H](NC(=O)C2CCC(CN)CC2)C(=O)Nc2ccc(-c3nn[nH]n3)cc2)cc1.Cl. The maximum atomic E-state index is 13.8. The summed E-state index contributed by atoms with van der Waals surface area (Å²) in [6.07, 6.45) is 7.75. The normalized spacial score (nSPS) is 19.6. The number of nitrogens with zero attached hydrogens (tertiary/aromatic N) is 4. The first-order valence-electron chi connectivity index (χ1n) is 20.6. The third kappa shape index (κ3) is 11.4. The number of carbonyl (C=O) groups is 3. The van der Waals surface area contributed by atoms with Gasteiger partial charge in [0.2, 0.25) is 17.6 Å². The van der Waals surface area contributed by atoms with Crippen molar-refractivity contribution in [1.29, 1.82) is 0 Å². The van der Waals surface area contributed by atoms with E-state index in [1.165, 1.54) is 5.56 Å². The Balaban J connectivity index is 0.00000585. The number of nitrogens with two attached hydrogens (primary N) is 1. The fraction of sp³-hybridized carbons (Fsp3) is 0.391. The van der Waals surface area contributed by atoms with E-state index in [2.05, 4.69) is 78.9 Å². The van der Waals surface area contributed by atoms with Crippen LogP contribution in [0.25, 0.3) is 22.5 Å². The van der Waals surface area contributed by atoms with Crippen molar-refractivity contribution < 1.29 is 14.4 Å². The van der Waals surface area contributed by atoms with E-state index in [9.17, 15) is 14.4 Å². The van der Waals surface area contributed by atoms with E-state index in [1.807, 2.05) is 61.5 Å². The zero-order valence-electron chi connectivity index (χ0n) is 33.9.